The second-order valence-electron chi connectivity index (χ2n) is 3.37. The summed E-state index contributed by atoms with van der Waals surface area (Å²) in [5, 5.41) is 12.5. The van der Waals surface area contributed by atoms with Crippen molar-refractivity contribution in [3.8, 4) is 11.4 Å². The normalized spacial score (nSPS) is 12.7. The van der Waals surface area contributed by atoms with Crippen molar-refractivity contribution < 1.29 is 14.0 Å². The molecule has 0 aliphatic carbocycles. The number of benzene rings is 1. The van der Waals surface area contributed by atoms with Crippen LogP contribution in [0, 0.1) is 5.82 Å². The molecule has 0 aliphatic rings. The second kappa shape index (κ2) is 4.91. The van der Waals surface area contributed by atoms with Gasteiger partial charge in [-0.15, -0.1) is 0 Å². The molecular formula is C10H9BrFN3O2. The van der Waals surface area contributed by atoms with Crippen LogP contribution >= 0.6 is 15.9 Å². The van der Waals surface area contributed by atoms with Crippen molar-refractivity contribution >= 4 is 15.9 Å². The molecule has 0 aliphatic heterocycles. The molecule has 17 heavy (non-hydrogen) atoms. The summed E-state index contributed by atoms with van der Waals surface area (Å²) < 4.78 is 18.2. The first kappa shape index (κ1) is 12.2. The number of aromatic nitrogens is 2. The molecule has 1 atom stereocenters. The molecule has 0 saturated heterocycles. The lowest BCUT2D eigenvalue weighted by molar-refractivity contribution is 0.237. The summed E-state index contributed by atoms with van der Waals surface area (Å²) in [6.45, 7) is -0.283. The van der Waals surface area contributed by atoms with Gasteiger partial charge in [-0.2, -0.15) is 4.98 Å². The fraction of sp³-hybridized carbons (Fsp3) is 0.200. The van der Waals surface area contributed by atoms with Gasteiger partial charge in [-0.25, -0.2) is 4.39 Å². The molecule has 1 aromatic carbocycles. The Hall–Kier alpha value is -1.31. The van der Waals surface area contributed by atoms with Crippen LogP contribution in [-0.4, -0.2) is 21.9 Å². The van der Waals surface area contributed by atoms with Gasteiger partial charge in [0.15, 0.2) is 0 Å². The number of halogens is 2. The summed E-state index contributed by atoms with van der Waals surface area (Å²) in [5.74, 6) is 0.0667. The van der Waals surface area contributed by atoms with Crippen LogP contribution in [0.25, 0.3) is 11.4 Å². The molecule has 0 spiro atoms. The van der Waals surface area contributed by atoms with E-state index in [-0.39, 0.29) is 18.3 Å². The highest BCUT2D eigenvalue weighted by atomic mass is 79.9. The lowest BCUT2D eigenvalue weighted by atomic mass is 10.2. The molecule has 2 rings (SSSR count). The zero-order chi connectivity index (χ0) is 12.4. The fourth-order valence-electron chi connectivity index (χ4n) is 1.22. The zero-order valence-electron chi connectivity index (χ0n) is 8.60. The first-order valence-corrected chi connectivity index (χ1v) is 5.56. The van der Waals surface area contributed by atoms with Crippen molar-refractivity contribution in [3.05, 3.63) is 34.4 Å². The van der Waals surface area contributed by atoms with E-state index in [1.807, 2.05) is 0 Å². The maximum atomic E-state index is 13.0. The highest BCUT2D eigenvalue weighted by molar-refractivity contribution is 9.10. The van der Waals surface area contributed by atoms with Crippen LogP contribution in [0.15, 0.2) is 27.2 Å². The minimum atomic E-state index is -0.708. The summed E-state index contributed by atoms with van der Waals surface area (Å²) in [7, 11) is 0. The molecule has 0 saturated carbocycles. The Morgan fingerprint density at radius 1 is 1.53 bits per heavy atom. The standard InChI is InChI=1S/C10H9BrFN3O2/c11-6-3-5(1-2-7(6)12)9-14-10(17-15-9)8(13)4-16/h1-3,8,16H,4,13H2. The van der Waals surface area contributed by atoms with E-state index in [4.69, 9.17) is 15.4 Å². The molecule has 0 amide bonds. The number of nitrogens with two attached hydrogens (primary N) is 1. The predicted molar refractivity (Wildman–Crippen MR) is 61.4 cm³/mol. The SMILES string of the molecule is NC(CO)c1nc(-c2ccc(F)c(Br)c2)no1. The molecule has 1 unspecified atom stereocenters. The van der Waals surface area contributed by atoms with Gasteiger partial charge >= 0.3 is 0 Å². The third-order valence-corrected chi connectivity index (χ3v) is 2.74. The molecule has 0 radical (unpaired) electrons. The van der Waals surface area contributed by atoms with Crippen molar-refractivity contribution in [2.45, 2.75) is 6.04 Å². The second-order valence-corrected chi connectivity index (χ2v) is 4.23. The molecule has 1 aromatic heterocycles. The van der Waals surface area contributed by atoms with E-state index in [1.54, 1.807) is 0 Å². The maximum absolute atomic E-state index is 13.0. The number of aliphatic hydroxyl groups is 1. The number of hydrogen-bond donors (Lipinski definition) is 2. The van der Waals surface area contributed by atoms with Gasteiger partial charge in [0.05, 0.1) is 11.1 Å². The van der Waals surface area contributed by atoms with Crippen molar-refractivity contribution in [3.63, 3.8) is 0 Å². The third-order valence-electron chi connectivity index (χ3n) is 2.13. The molecule has 7 heteroatoms. The molecular weight excluding hydrogens is 293 g/mol. The number of rotatable bonds is 3. The van der Waals surface area contributed by atoms with E-state index >= 15 is 0 Å². The van der Waals surface area contributed by atoms with Crippen molar-refractivity contribution in [1.29, 1.82) is 0 Å². The molecule has 1 heterocycles. The van der Waals surface area contributed by atoms with E-state index in [1.165, 1.54) is 18.2 Å². The van der Waals surface area contributed by atoms with Gasteiger partial charge in [-0.1, -0.05) is 5.16 Å². The summed E-state index contributed by atoms with van der Waals surface area (Å²) >= 11 is 3.07. The summed E-state index contributed by atoms with van der Waals surface area (Å²) in [5.41, 5.74) is 6.12. The minimum Gasteiger partial charge on any atom is -0.394 e. The van der Waals surface area contributed by atoms with Gasteiger partial charge in [-0.3, -0.25) is 0 Å². The quantitative estimate of drug-likeness (QED) is 0.900. The first-order chi connectivity index (χ1) is 8.11. The highest BCUT2D eigenvalue weighted by Crippen LogP contribution is 2.23. The van der Waals surface area contributed by atoms with Crippen LogP contribution in [0.1, 0.15) is 11.9 Å². The minimum absolute atomic E-state index is 0.142. The monoisotopic (exact) mass is 301 g/mol. The van der Waals surface area contributed by atoms with Gasteiger partial charge in [0.1, 0.15) is 11.9 Å². The Morgan fingerprint density at radius 2 is 2.29 bits per heavy atom. The highest BCUT2D eigenvalue weighted by Gasteiger charge is 2.15. The molecule has 5 nitrogen and oxygen atoms in total. The summed E-state index contributed by atoms with van der Waals surface area (Å²) in [4.78, 5) is 4.02. The van der Waals surface area contributed by atoms with Crippen molar-refractivity contribution in [2.75, 3.05) is 6.61 Å². The maximum Gasteiger partial charge on any atom is 0.246 e. The van der Waals surface area contributed by atoms with Crippen LogP contribution in [0.5, 0.6) is 0 Å². The Bertz CT molecular complexity index is 532. The lowest BCUT2D eigenvalue weighted by Gasteiger charge is -1.99. The third kappa shape index (κ3) is 2.51. The van der Waals surface area contributed by atoms with Crippen molar-refractivity contribution in [2.24, 2.45) is 5.73 Å². The van der Waals surface area contributed by atoms with Crippen LogP contribution in [-0.2, 0) is 0 Å². The Kier molecular flexibility index (Phi) is 3.51. The zero-order valence-corrected chi connectivity index (χ0v) is 10.2. The van der Waals surface area contributed by atoms with E-state index < -0.39 is 6.04 Å². The smallest absolute Gasteiger partial charge is 0.246 e. The number of hydrogen-bond acceptors (Lipinski definition) is 5. The molecule has 3 N–H and O–H groups in total. The van der Waals surface area contributed by atoms with E-state index in [9.17, 15) is 4.39 Å². The summed E-state index contributed by atoms with van der Waals surface area (Å²) in [6, 6.07) is 3.65. The van der Waals surface area contributed by atoms with Crippen LogP contribution in [0.3, 0.4) is 0 Å². The molecule has 90 valence electrons. The first-order valence-electron chi connectivity index (χ1n) is 4.77. The van der Waals surface area contributed by atoms with E-state index in [0.29, 0.717) is 15.9 Å². The topological polar surface area (TPSA) is 85.2 Å². The van der Waals surface area contributed by atoms with Gasteiger partial charge in [0.2, 0.25) is 11.7 Å². The van der Waals surface area contributed by atoms with Gasteiger partial charge in [0.25, 0.3) is 0 Å². The lowest BCUT2D eigenvalue weighted by Crippen LogP contribution is -2.14. The largest absolute Gasteiger partial charge is 0.394 e. The Labute approximate surface area is 105 Å². The van der Waals surface area contributed by atoms with Crippen LogP contribution in [0.2, 0.25) is 0 Å². The van der Waals surface area contributed by atoms with Gasteiger partial charge in [-0.05, 0) is 34.1 Å². The van der Waals surface area contributed by atoms with Gasteiger partial charge in [0, 0.05) is 5.56 Å². The fourth-order valence-corrected chi connectivity index (χ4v) is 1.60. The van der Waals surface area contributed by atoms with Crippen LogP contribution in [0.4, 0.5) is 4.39 Å². The van der Waals surface area contributed by atoms with Crippen LogP contribution < -0.4 is 5.73 Å². The number of aliphatic hydroxyl groups excluding tert-OH is 1. The number of nitrogens with zero attached hydrogens (tertiary/aromatic N) is 2. The Morgan fingerprint density at radius 3 is 2.94 bits per heavy atom. The Balaban J connectivity index is 2.33. The average Bonchev–Trinajstić information content (AvgIpc) is 2.81. The summed E-state index contributed by atoms with van der Waals surface area (Å²) in [6.07, 6.45) is 0. The molecule has 0 bridgehead atoms. The molecule has 0 fully saturated rings. The van der Waals surface area contributed by atoms with Crippen molar-refractivity contribution in [1.82, 2.24) is 10.1 Å². The predicted octanol–water partition coefficient (Wildman–Crippen LogP) is 1.63. The molecule has 2 aromatic rings. The van der Waals surface area contributed by atoms with E-state index in [0.717, 1.165) is 0 Å². The van der Waals surface area contributed by atoms with Gasteiger partial charge < -0.3 is 15.4 Å². The van der Waals surface area contributed by atoms with E-state index in [2.05, 4.69) is 26.1 Å². The average molecular weight is 302 g/mol.